The topological polar surface area (TPSA) is 29.5 Å². The first-order valence-corrected chi connectivity index (χ1v) is 8.27. The molecule has 4 heteroatoms. The van der Waals surface area contributed by atoms with Crippen LogP contribution in [-0.4, -0.2) is 35.9 Å². The number of nitrogens with zero attached hydrogens (tertiary/aromatic N) is 1. The second kappa shape index (κ2) is 9.09. The third-order valence-corrected chi connectivity index (χ3v) is 4.46. The Morgan fingerprint density at radius 3 is 2.39 bits per heavy atom. The normalized spacial score (nSPS) is 20.7. The Hall–Kier alpha value is -1.32. The Labute approximate surface area is 146 Å². The standard InChI is InChI=1S/C19H27NO2.ClH/c1-4-20(5-2)13-9-12-19(3)14-18(21)17(15-22-19)16-10-7-6-8-11-16;/h6-8,10-11,15H,4-5,9,12-14H2,1-3H3;1H. The lowest BCUT2D eigenvalue weighted by molar-refractivity contribution is -0.120. The Kier molecular flexibility index (Phi) is 7.80. The summed E-state index contributed by atoms with van der Waals surface area (Å²) in [5.74, 6) is 0.183. The molecule has 0 N–H and O–H groups in total. The summed E-state index contributed by atoms with van der Waals surface area (Å²) in [7, 11) is 0. The lowest BCUT2D eigenvalue weighted by Crippen LogP contribution is -2.35. The van der Waals surface area contributed by atoms with Crippen molar-refractivity contribution in [2.45, 2.75) is 45.6 Å². The number of benzene rings is 1. The molecule has 1 heterocycles. The van der Waals surface area contributed by atoms with E-state index in [-0.39, 0.29) is 23.8 Å². The fraction of sp³-hybridized carbons (Fsp3) is 0.526. The van der Waals surface area contributed by atoms with E-state index >= 15 is 0 Å². The van der Waals surface area contributed by atoms with E-state index in [0.717, 1.165) is 38.0 Å². The van der Waals surface area contributed by atoms with Crippen LogP contribution < -0.4 is 0 Å². The predicted octanol–water partition coefficient (Wildman–Crippen LogP) is 4.32. The fourth-order valence-electron chi connectivity index (χ4n) is 2.95. The summed E-state index contributed by atoms with van der Waals surface area (Å²) in [6.07, 6.45) is 4.10. The lowest BCUT2D eigenvalue weighted by atomic mass is 9.87. The minimum atomic E-state index is -0.359. The molecule has 1 aliphatic rings. The molecular formula is C19H28ClNO2. The van der Waals surface area contributed by atoms with Crippen molar-refractivity contribution in [2.24, 2.45) is 0 Å². The van der Waals surface area contributed by atoms with Crippen molar-refractivity contribution in [2.75, 3.05) is 19.6 Å². The van der Waals surface area contributed by atoms with Crippen molar-refractivity contribution in [3.05, 3.63) is 42.2 Å². The first-order chi connectivity index (χ1) is 10.6. The molecule has 1 unspecified atom stereocenters. The Morgan fingerprint density at radius 1 is 1.17 bits per heavy atom. The number of carbonyl (C=O) groups is 1. The average Bonchev–Trinajstić information content (AvgIpc) is 2.52. The molecule has 1 atom stereocenters. The maximum absolute atomic E-state index is 12.5. The van der Waals surface area contributed by atoms with Gasteiger partial charge in [-0.1, -0.05) is 44.2 Å². The molecule has 1 aromatic carbocycles. The van der Waals surface area contributed by atoms with E-state index in [1.807, 2.05) is 37.3 Å². The number of carbonyl (C=O) groups excluding carboxylic acids is 1. The molecule has 0 bridgehead atoms. The van der Waals surface area contributed by atoms with Gasteiger partial charge in [-0.05, 0) is 45.0 Å². The molecule has 3 nitrogen and oxygen atoms in total. The van der Waals surface area contributed by atoms with Gasteiger partial charge in [-0.15, -0.1) is 12.4 Å². The smallest absolute Gasteiger partial charge is 0.170 e. The van der Waals surface area contributed by atoms with Crippen molar-refractivity contribution in [1.29, 1.82) is 0 Å². The van der Waals surface area contributed by atoms with Gasteiger partial charge in [-0.25, -0.2) is 0 Å². The summed E-state index contributed by atoms with van der Waals surface area (Å²) in [4.78, 5) is 14.9. The van der Waals surface area contributed by atoms with E-state index in [1.165, 1.54) is 0 Å². The summed E-state index contributed by atoms with van der Waals surface area (Å²) >= 11 is 0. The SMILES string of the molecule is CCN(CC)CCCC1(C)CC(=O)C(c2ccccc2)=CO1.Cl. The fourth-order valence-corrected chi connectivity index (χ4v) is 2.95. The average molecular weight is 338 g/mol. The molecule has 0 radical (unpaired) electrons. The third-order valence-electron chi connectivity index (χ3n) is 4.46. The van der Waals surface area contributed by atoms with Gasteiger partial charge in [0.25, 0.3) is 0 Å². The van der Waals surface area contributed by atoms with Gasteiger partial charge in [-0.3, -0.25) is 4.79 Å². The van der Waals surface area contributed by atoms with Gasteiger partial charge in [0.1, 0.15) is 5.60 Å². The Bertz CT molecular complexity index is 525. The highest BCUT2D eigenvalue weighted by molar-refractivity contribution is 6.21. The zero-order valence-electron chi connectivity index (χ0n) is 14.4. The van der Waals surface area contributed by atoms with E-state index in [4.69, 9.17) is 4.74 Å². The molecule has 1 aliphatic heterocycles. The molecule has 128 valence electrons. The van der Waals surface area contributed by atoms with Gasteiger partial charge in [0, 0.05) is 0 Å². The minimum Gasteiger partial charge on any atom is -0.494 e. The van der Waals surface area contributed by atoms with E-state index in [9.17, 15) is 4.79 Å². The van der Waals surface area contributed by atoms with Crippen LogP contribution in [0.2, 0.25) is 0 Å². The summed E-state index contributed by atoms with van der Waals surface area (Å²) in [6, 6.07) is 9.75. The van der Waals surface area contributed by atoms with Gasteiger partial charge in [0.15, 0.2) is 5.78 Å². The number of Topliss-reactive ketones (excluding diaryl/α,β-unsaturated/α-hetero) is 1. The van der Waals surface area contributed by atoms with Gasteiger partial charge < -0.3 is 9.64 Å². The Balaban J connectivity index is 0.00000264. The van der Waals surface area contributed by atoms with E-state index in [0.29, 0.717) is 12.0 Å². The molecule has 0 saturated heterocycles. The van der Waals surface area contributed by atoms with E-state index < -0.39 is 0 Å². The predicted molar refractivity (Wildman–Crippen MR) is 97.8 cm³/mol. The van der Waals surface area contributed by atoms with Crippen molar-refractivity contribution < 1.29 is 9.53 Å². The Morgan fingerprint density at radius 2 is 1.83 bits per heavy atom. The van der Waals surface area contributed by atoms with Gasteiger partial charge in [0.05, 0.1) is 18.3 Å². The number of allylic oxidation sites excluding steroid dienone is 1. The van der Waals surface area contributed by atoms with Crippen LogP contribution in [0.25, 0.3) is 5.57 Å². The van der Waals surface area contributed by atoms with Gasteiger partial charge in [0.2, 0.25) is 0 Å². The number of ketones is 1. The maximum Gasteiger partial charge on any atom is 0.170 e. The third kappa shape index (κ3) is 5.36. The van der Waals surface area contributed by atoms with Crippen LogP contribution in [0.5, 0.6) is 0 Å². The quantitative estimate of drug-likeness (QED) is 0.742. The lowest BCUT2D eigenvalue weighted by Gasteiger charge is -2.33. The van der Waals surface area contributed by atoms with Gasteiger partial charge in [-0.2, -0.15) is 0 Å². The van der Waals surface area contributed by atoms with Crippen LogP contribution >= 0.6 is 12.4 Å². The van der Waals surface area contributed by atoms with E-state index in [1.54, 1.807) is 6.26 Å². The summed E-state index contributed by atoms with van der Waals surface area (Å²) in [5.41, 5.74) is 1.28. The highest BCUT2D eigenvalue weighted by Crippen LogP contribution is 2.32. The monoisotopic (exact) mass is 337 g/mol. The molecule has 23 heavy (non-hydrogen) atoms. The van der Waals surface area contributed by atoms with E-state index in [2.05, 4.69) is 18.7 Å². The van der Waals surface area contributed by atoms with Crippen LogP contribution in [0.15, 0.2) is 36.6 Å². The molecule has 0 fully saturated rings. The molecular weight excluding hydrogens is 310 g/mol. The second-order valence-corrected chi connectivity index (χ2v) is 6.20. The second-order valence-electron chi connectivity index (χ2n) is 6.20. The van der Waals surface area contributed by atoms with Crippen molar-refractivity contribution in [3.8, 4) is 0 Å². The van der Waals surface area contributed by atoms with Crippen LogP contribution in [0.4, 0.5) is 0 Å². The minimum absolute atomic E-state index is 0. The van der Waals surface area contributed by atoms with Gasteiger partial charge >= 0.3 is 0 Å². The molecule has 0 aromatic heterocycles. The molecule has 1 aromatic rings. The molecule has 0 amide bonds. The van der Waals surface area contributed by atoms with Crippen LogP contribution in [0, 0.1) is 0 Å². The zero-order valence-corrected chi connectivity index (χ0v) is 15.2. The zero-order chi connectivity index (χ0) is 16.0. The summed E-state index contributed by atoms with van der Waals surface area (Å²) < 4.78 is 5.95. The van der Waals surface area contributed by atoms with Crippen LogP contribution in [0.3, 0.4) is 0 Å². The summed E-state index contributed by atoms with van der Waals surface area (Å²) in [5, 5.41) is 0. The number of ether oxygens (including phenoxy) is 1. The van der Waals surface area contributed by atoms with Crippen molar-refractivity contribution in [1.82, 2.24) is 4.90 Å². The molecule has 0 saturated carbocycles. The highest BCUT2D eigenvalue weighted by Gasteiger charge is 2.34. The molecule has 0 aliphatic carbocycles. The van der Waals surface area contributed by atoms with Crippen molar-refractivity contribution in [3.63, 3.8) is 0 Å². The van der Waals surface area contributed by atoms with Crippen molar-refractivity contribution >= 4 is 23.8 Å². The number of hydrogen-bond acceptors (Lipinski definition) is 3. The summed E-state index contributed by atoms with van der Waals surface area (Å²) in [6.45, 7) is 9.62. The van der Waals surface area contributed by atoms with Crippen LogP contribution in [0.1, 0.15) is 45.6 Å². The first-order valence-electron chi connectivity index (χ1n) is 8.27. The van der Waals surface area contributed by atoms with Crippen LogP contribution in [-0.2, 0) is 9.53 Å². The maximum atomic E-state index is 12.5. The molecule has 2 rings (SSSR count). The highest BCUT2D eigenvalue weighted by atomic mass is 35.5. The molecule has 0 spiro atoms. The number of rotatable bonds is 7. The number of hydrogen-bond donors (Lipinski definition) is 0. The number of halogens is 1. The first kappa shape index (κ1) is 19.7. The largest absolute Gasteiger partial charge is 0.494 e.